The molecule has 94 valence electrons. The molecule has 1 fully saturated rings. The SMILES string of the molecule is CCc1[nH]c(C2CCCCC2)nc1C(=O)CBr. The minimum atomic E-state index is 0.0835. The molecule has 1 aromatic heterocycles. The summed E-state index contributed by atoms with van der Waals surface area (Å²) >= 11 is 3.22. The van der Waals surface area contributed by atoms with Crippen LogP contribution in [0, 0.1) is 0 Å². The number of halogens is 1. The zero-order chi connectivity index (χ0) is 12.3. The van der Waals surface area contributed by atoms with Gasteiger partial charge in [-0.05, 0) is 19.3 Å². The molecule has 0 amide bonds. The van der Waals surface area contributed by atoms with Gasteiger partial charge in [0.25, 0.3) is 0 Å². The van der Waals surface area contributed by atoms with Gasteiger partial charge in [0.05, 0.1) is 5.33 Å². The highest BCUT2D eigenvalue weighted by Crippen LogP contribution is 2.31. The molecule has 1 aliphatic rings. The Bertz CT molecular complexity index is 394. The Labute approximate surface area is 111 Å². The molecule has 0 atom stereocenters. The molecule has 0 radical (unpaired) electrons. The molecule has 1 aromatic rings. The van der Waals surface area contributed by atoms with Gasteiger partial charge in [0.15, 0.2) is 5.78 Å². The fraction of sp³-hybridized carbons (Fsp3) is 0.692. The van der Waals surface area contributed by atoms with Crippen molar-refractivity contribution in [2.75, 3.05) is 5.33 Å². The highest BCUT2D eigenvalue weighted by Gasteiger charge is 2.22. The molecule has 0 aliphatic heterocycles. The van der Waals surface area contributed by atoms with Crippen LogP contribution in [0.2, 0.25) is 0 Å². The predicted molar refractivity (Wildman–Crippen MR) is 71.9 cm³/mol. The largest absolute Gasteiger partial charge is 0.345 e. The van der Waals surface area contributed by atoms with Crippen molar-refractivity contribution < 1.29 is 4.79 Å². The number of nitrogens with zero attached hydrogens (tertiary/aromatic N) is 1. The van der Waals surface area contributed by atoms with E-state index in [-0.39, 0.29) is 5.78 Å². The summed E-state index contributed by atoms with van der Waals surface area (Å²) in [4.78, 5) is 19.7. The highest BCUT2D eigenvalue weighted by molar-refractivity contribution is 9.09. The summed E-state index contributed by atoms with van der Waals surface area (Å²) in [5, 5.41) is 0.356. The number of ketones is 1. The monoisotopic (exact) mass is 298 g/mol. The number of hydrogen-bond donors (Lipinski definition) is 1. The number of Topliss-reactive ketones (excluding diaryl/α,β-unsaturated/α-hetero) is 1. The van der Waals surface area contributed by atoms with Crippen molar-refractivity contribution >= 4 is 21.7 Å². The molecule has 0 aromatic carbocycles. The number of aromatic nitrogens is 2. The van der Waals surface area contributed by atoms with E-state index in [1.165, 1.54) is 32.1 Å². The van der Waals surface area contributed by atoms with Gasteiger partial charge in [-0.1, -0.05) is 42.1 Å². The third kappa shape index (κ3) is 2.79. The number of H-pyrrole nitrogens is 1. The van der Waals surface area contributed by atoms with Gasteiger partial charge in [-0.2, -0.15) is 0 Å². The van der Waals surface area contributed by atoms with Crippen LogP contribution in [0.15, 0.2) is 0 Å². The van der Waals surface area contributed by atoms with Gasteiger partial charge < -0.3 is 4.98 Å². The Kier molecular flexibility index (Phi) is 4.37. The van der Waals surface area contributed by atoms with Gasteiger partial charge in [-0.25, -0.2) is 4.98 Å². The van der Waals surface area contributed by atoms with E-state index in [2.05, 4.69) is 32.8 Å². The number of aromatic amines is 1. The lowest BCUT2D eigenvalue weighted by molar-refractivity contribution is 0.101. The van der Waals surface area contributed by atoms with Gasteiger partial charge in [-0.3, -0.25) is 4.79 Å². The Hall–Kier alpha value is -0.640. The number of imidazole rings is 1. The van der Waals surface area contributed by atoms with Crippen LogP contribution in [0.3, 0.4) is 0 Å². The first kappa shape index (κ1) is 12.8. The van der Waals surface area contributed by atoms with Gasteiger partial charge in [-0.15, -0.1) is 0 Å². The lowest BCUT2D eigenvalue weighted by Gasteiger charge is -2.19. The number of hydrogen-bond acceptors (Lipinski definition) is 2. The van der Waals surface area contributed by atoms with E-state index < -0.39 is 0 Å². The molecule has 1 aliphatic carbocycles. The Morgan fingerprint density at radius 3 is 2.71 bits per heavy atom. The highest BCUT2D eigenvalue weighted by atomic mass is 79.9. The van der Waals surface area contributed by atoms with E-state index in [4.69, 9.17) is 0 Å². The van der Waals surface area contributed by atoms with Crippen LogP contribution in [0.5, 0.6) is 0 Å². The molecule has 1 N–H and O–H groups in total. The molecular weight excluding hydrogens is 280 g/mol. The number of alkyl halides is 1. The normalized spacial score (nSPS) is 17.3. The van der Waals surface area contributed by atoms with Crippen molar-refractivity contribution in [2.45, 2.75) is 51.4 Å². The average Bonchev–Trinajstić information content (AvgIpc) is 2.83. The van der Waals surface area contributed by atoms with Crippen molar-refractivity contribution in [2.24, 2.45) is 0 Å². The van der Waals surface area contributed by atoms with E-state index in [9.17, 15) is 4.79 Å². The number of carbonyl (C=O) groups excluding carboxylic acids is 1. The quantitative estimate of drug-likeness (QED) is 0.682. The van der Waals surface area contributed by atoms with Crippen LogP contribution in [-0.4, -0.2) is 21.1 Å². The number of carbonyl (C=O) groups is 1. The molecule has 3 nitrogen and oxygen atoms in total. The summed E-state index contributed by atoms with van der Waals surface area (Å²) in [5.41, 5.74) is 1.64. The van der Waals surface area contributed by atoms with E-state index in [0.29, 0.717) is 16.9 Å². The first-order chi connectivity index (χ1) is 8.26. The van der Waals surface area contributed by atoms with E-state index in [1.54, 1.807) is 0 Å². The first-order valence-electron chi connectivity index (χ1n) is 6.44. The van der Waals surface area contributed by atoms with Gasteiger partial charge >= 0.3 is 0 Å². The summed E-state index contributed by atoms with van der Waals surface area (Å²) in [6.45, 7) is 2.06. The summed E-state index contributed by atoms with van der Waals surface area (Å²) in [5.74, 6) is 1.65. The maximum absolute atomic E-state index is 11.8. The maximum atomic E-state index is 11.8. The second-order valence-corrected chi connectivity index (χ2v) is 5.26. The first-order valence-corrected chi connectivity index (χ1v) is 7.56. The van der Waals surface area contributed by atoms with Crippen molar-refractivity contribution in [3.63, 3.8) is 0 Å². The smallest absolute Gasteiger partial charge is 0.193 e. The van der Waals surface area contributed by atoms with E-state index in [1.807, 2.05) is 0 Å². The molecular formula is C13H19BrN2O. The van der Waals surface area contributed by atoms with Crippen LogP contribution < -0.4 is 0 Å². The molecule has 1 saturated carbocycles. The third-order valence-electron chi connectivity index (χ3n) is 3.53. The fourth-order valence-corrected chi connectivity index (χ4v) is 2.81. The summed E-state index contributed by atoms with van der Waals surface area (Å²) in [7, 11) is 0. The van der Waals surface area contributed by atoms with E-state index in [0.717, 1.165) is 17.9 Å². The maximum Gasteiger partial charge on any atom is 0.193 e. The minimum absolute atomic E-state index is 0.0835. The Morgan fingerprint density at radius 1 is 1.41 bits per heavy atom. The summed E-state index contributed by atoms with van der Waals surface area (Å²) < 4.78 is 0. The average molecular weight is 299 g/mol. The number of nitrogens with one attached hydrogen (secondary N) is 1. The number of rotatable bonds is 4. The van der Waals surface area contributed by atoms with Crippen molar-refractivity contribution in [1.82, 2.24) is 9.97 Å². The molecule has 0 unspecified atom stereocenters. The van der Waals surface area contributed by atoms with Crippen LogP contribution in [0.4, 0.5) is 0 Å². The Morgan fingerprint density at radius 2 is 2.12 bits per heavy atom. The number of aryl methyl sites for hydroxylation is 1. The summed E-state index contributed by atoms with van der Waals surface area (Å²) in [6, 6.07) is 0. The molecule has 4 heteroatoms. The van der Waals surface area contributed by atoms with Gasteiger partial charge in [0.1, 0.15) is 11.5 Å². The molecule has 2 rings (SSSR count). The third-order valence-corrected chi connectivity index (χ3v) is 4.04. The van der Waals surface area contributed by atoms with Crippen LogP contribution in [-0.2, 0) is 6.42 Å². The summed E-state index contributed by atoms with van der Waals surface area (Å²) in [6.07, 6.45) is 7.17. The second kappa shape index (κ2) is 5.80. The molecule has 0 saturated heterocycles. The topological polar surface area (TPSA) is 45.8 Å². The second-order valence-electron chi connectivity index (χ2n) is 4.69. The zero-order valence-electron chi connectivity index (χ0n) is 10.3. The fourth-order valence-electron chi connectivity index (χ4n) is 2.55. The minimum Gasteiger partial charge on any atom is -0.345 e. The molecule has 0 spiro atoms. The standard InChI is InChI=1S/C13H19BrN2O/c1-2-10-12(11(17)8-14)16-13(15-10)9-6-4-3-5-7-9/h9H,2-8H2,1H3,(H,15,16). The lowest BCUT2D eigenvalue weighted by atomic mass is 9.89. The van der Waals surface area contributed by atoms with Crippen molar-refractivity contribution in [1.29, 1.82) is 0 Å². The zero-order valence-corrected chi connectivity index (χ0v) is 11.8. The van der Waals surface area contributed by atoms with E-state index >= 15 is 0 Å². The van der Waals surface area contributed by atoms with Crippen molar-refractivity contribution in [3.8, 4) is 0 Å². The van der Waals surface area contributed by atoms with Crippen LogP contribution in [0.25, 0.3) is 0 Å². The predicted octanol–water partition coefficient (Wildman–Crippen LogP) is 3.60. The Balaban J connectivity index is 2.23. The van der Waals surface area contributed by atoms with Crippen LogP contribution >= 0.6 is 15.9 Å². The molecule has 1 heterocycles. The van der Waals surface area contributed by atoms with Crippen molar-refractivity contribution in [3.05, 3.63) is 17.2 Å². The van der Waals surface area contributed by atoms with Gasteiger partial charge in [0, 0.05) is 11.6 Å². The molecule has 0 bridgehead atoms. The van der Waals surface area contributed by atoms with Gasteiger partial charge in [0.2, 0.25) is 0 Å². The molecule has 17 heavy (non-hydrogen) atoms. The lowest BCUT2D eigenvalue weighted by Crippen LogP contribution is -2.07. The van der Waals surface area contributed by atoms with Crippen LogP contribution in [0.1, 0.15) is 67.0 Å².